The molecule has 0 bridgehead atoms. The molecule has 0 aliphatic heterocycles. The van der Waals surface area contributed by atoms with Gasteiger partial charge >= 0.3 is 0 Å². The summed E-state index contributed by atoms with van der Waals surface area (Å²) in [4.78, 5) is 54.6. The standard InChI is InChI=1S/C30H18O10/c1-9-5-12-19(14(32)6-9)28(38)21-13(31)4-3-11(20(21)27(12)37)18-16(34)8-17(35)22-24(18)30(40)25-23(29(22)39)15(33)7-10(2)26(25)36/h3-8,31-36H,1-2H3. The fourth-order valence-corrected chi connectivity index (χ4v) is 5.59. The van der Waals surface area contributed by atoms with Gasteiger partial charge in [-0.2, -0.15) is 0 Å². The average Bonchev–Trinajstić information content (AvgIpc) is 2.87. The number of aryl methyl sites for hydroxylation is 2. The van der Waals surface area contributed by atoms with E-state index >= 15 is 0 Å². The van der Waals surface area contributed by atoms with E-state index in [1.165, 1.54) is 19.1 Å². The van der Waals surface area contributed by atoms with E-state index in [9.17, 15) is 49.8 Å². The van der Waals surface area contributed by atoms with Gasteiger partial charge in [0, 0.05) is 28.3 Å². The zero-order valence-corrected chi connectivity index (χ0v) is 20.8. The van der Waals surface area contributed by atoms with Crippen molar-refractivity contribution in [2.24, 2.45) is 0 Å². The summed E-state index contributed by atoms with van der Waals surface area (Å²) in [5.74, 6) is -7.64. The fraction of sp³-hybridized carbons (Fsp3) is 0.0667. The van der Waals surface area contributed by atoms with E-state index in [-0.39, 0.29) is 22.3 Å². The number of fused-ring (bicyclic) bond motifs is 4. The second-order valence-electron chi connectivity index (χ2n) is 9.76. The average molecular weight is 538 g/mol. The lowest BCUT2D eigenvalue weighted by Crippen LogP contribution is -2.25. The monoisotopic (exact) mass is 538 g/mol. The highest BCUT2D eigenvalue weighted by molar-refractivity contribution is 6.35. The van der Waals surface area contributed by atoms with Crippen LogP contribution in [-0.2, 0) is 0 Å². The zero-order chi connectivity index (χ0) is 28.9. The van der Waals surface area contributed by atoms with Gasteiger partial charge in [0.25, 0.3) is 0 Å². The van der Waals surface area contributed by atoms with Gasteiger partial charge in [-0.05, 0) is 60.9 Å². The Bertz CT molecular complexity index is 1950. The molecule has 2 aliphatic rings. The highest BCUT2D eigenvalue weighted by Crippen LogP contribution is 2.50. The van der Waals surface area contributed by atoms with E-state index in [2.05, 4.69) is 0 Å². The first-order valence-corrected chi connectivity index (χ1v) is 11.9. The molecular formula is C30H18O10. The molecule has 0 spiro atoms. The number of carbonyl (C=O) groups excluding carboxylic acids is 4. The van der Waals surface area contributed by atoms with Crippen molar-refractivity contribution in [3.8, 4) is 45.6 Å². The summed E-state index contributed by atoms with van der Waals surface area (Å²) in [6.45, 7) is 2.98. The van der Waals surface area contributed by atoms with Crippen molar-refractivity contribution < 1.29 is 49.8 Å². The van der Waals surface area contributed by atoms with E-state index in [1.807, 2.05) is 0 Å². The van der Waals surface area contributed by atoms with Gasteiger partial charge in [0.1, 0.15) is 34.5 Å². The van der Waals surface area contributed by atoms with Gasteiger partial charge in [-0.1, -0.05) is 0 Å². The predicted molar refractivity (Wildman–Crippen MR) is 138 cm³/mol. The Morgan fingerprint density at radius 2 is 0.950 bits per heavy atom. The highest BCUT2D eigenvalue weighted by Gasteiger charge is 2.42. The third-order valence-corrected chi connectivity index (χ3v) is 7.30. The van der Waals surface area contributed by atoms with E-state index in [0.29, 0.717) is 5.56 Å². The lowest BCUT2D eigenvalue weighted by Gasteiger charge is -2.26. The number of hydrogen-bond donors (Lipinski definition) is 6. The molecule has 0 fully saturated rings. The SMILES string of the molecule is Cc1cc(O)c2c(c1)C(=O)c1c(-c3c(O)cc(O)c4c3C(=O)c3c(O)c(C)cc(O)c3C4=O)ccc(O)c1C2=O. The number of hydrogen-bond acceptors (Lipinski definition) is 10. The van der Waals surface area contributed by atoms with Crippen LogP contribution >= 0.6 is 0 Å². The van der Waals surface area contributed by atoms with Crippen molar-refractivity contribution in [1.82, 2.24) is 0 Å². The number of benzene rings is 4. The molecule has 198 valence electrons. The molecule has 10 heteroatoms. The summed E-state index contributed by atoms with van der Waals surface area (Å²) in [6, 6.07) is 6.71. The molecule has 0 amide bonds. The summed E-state index contributed by atoms with van der Waals surface area (Å²) in [5, 5.41) is 63.8. The maximum absolute atomic E-state index is 13.9. The maximum atomic E-state index is 13.9. The van der Waals surface area contributed by atoms with E-state index in [1.54, 1.807) is 6.92 Å². The number of phenolic OH excluding ortho intramolecular Hbond substituents is 6. The number of phenols is 6. The molecule has 0 saturated carbocycles. The van der Waals surface area contributed by atoms with Crippen LogP contribution in [0.2, 0.25) is 0 Å². The van der Waals surface area contributed by atoms with Crippen LogP contribution in [0.4, 0.5) is 0 Å². The molecule has 40 heavy (non-hydrogen) atoms. The van der Waals surface area contributed by atoms with Gasteiger partial charge in [-0.15, -0.1) is 0 Å². The van der Waals surface area contributed by atoms with Crippen LogP contribution < -0.4 is 0 Å². The maximum Gasteiger partial charge on any atom is 0.202 e. The van der Waals surface area contributed by atoms with Crippen LogP contribution in [-0.4, -0.2) is 53.8 Å². The van der Waals surface area contributed by atoms with Crippen LogP contribution in [0, 0.1) is 13.8 Å². The van der Waals surface area contributed by atoms with Crippen LogP contribution in [0.15, 0.2) is 36.4 Å². The first-order valence-electron chi connectivity index (χ1n) is 11.9. The number of ketones is 4. The Morgan fingerprint density at radius 3 is 1.65 bits per heavy atom. The third kappa shape index (κ3) is 2.98. The normalized spacial score (nSPS) is 13.6. The minimum atomic E-state index is -1.05. The molecule has 4 aromatic rings. The van der Waals surface area contributed by atoms with Gasteiger partial charge in [0.05, 0.1) is 27.8 Å². The third-order valence-electron chi connectivity index (χ3n) is 7.30. The first-order chi connectivity index (χ1) is 18.8. The van der Waals surface area contributed by atoms with Gasteiger partial charge in [0.2, 0.25) is 11.6 Å². The lowest BCUT2D eigenvalue weighted by molar-refractivity contribution is 0.0971. The highest BCUT2D eigenvalue weighted by atomic mass is 16.3. The summed E-state index contributed by atoms with van der Waals surface area (Å²) in [5.41, 5.74) is -3.85. The van der Waals surface area contributed by atoms with Crippen molar-refractivity contribution >= 4 is 23.1 Å². The molecule has 0 unspecified atom stereocenters. The summed E-state index contributed by atoms with van der Waals surface area (Å²) >= 11 is 0. The quantitative estimate of drug-likeness (QED) is 0.168. The minimum Gasteiger partial charge on any atom is -0.507 e. The van der Waals surface area contributed by atoms with Crippen molar-refractivity contribution in [3.05, 3.63) is 92.0 Å². The molecule has 0 atom stereocenters. The van der Waals surface area contributed by atoms with Crippen molar-refractivity contribution in [3.63, 3.8) is 0 Å². The molecule has 0 aromatic heterocycles. The van der Waals surface area contributed by atoms with Crippen LogP contribution in [0.1, 0.15) is 74.8 Å². The number of carbonyl (C=O) groups is 4. The minimum absolute atomic E-state index is 0.0707. The van der Waals surface area contributed by atoms with Crippen molar-refractivity contribution in [2.45, 2.75) is 13.8 Å². The molecule has 6 N–H and O–H groups in total. The first kappa shape index (κ1) is 24.7. The molecule has 0 saturated heterocycles. The fourth-order valence-electron chi connectivity index (χ4n) is 5.59. The lowest BCUT2D eigenvalue weighted by atomic mass is 9.75. The Balaban J connectivity index is 1.73. The van der Waals surface area contributed by atoms with Gasteiger partial charge in [-0.3, -0.25) is 19.2 Å². The molecule has 0 heterocycles. The molecule has 0 radical (unpaired) electrons. The second kappa shape index (κ2) is 7.93. The van der Waals surface area contributed by atoms with Crippen molar-refractivity contribution in [1.29, 1.82) is 0 Å². The second-order valence-corrected chi connectivity index (χ2v) is 9.76. The summed E-state index contributed by atoms with van der Waals surface area (Å²) in [7, 11) is 0. The molecule has 2 aliphatic carbocycles. The molecular weight excluding hydrogens is 520 g/mol. The van der Waals surface area contributed by atoms with E-state index in [0.717, 1.165) is 24.3 Å². The Labute approximate surface area is 224 Å². The zero-order valence-electron chi connectivity index (χ0n) is 20.8. The van der Waals surface area contributed by atoms with Gasteiger partial charge in [-0.25, -0.2) is 0 Å². The van der Waals surface area contributed by atoms with Crippen LogP contribution in [0.3, 0.4) is 0 Å². The Kier molecular flexibility index (Phi) is 4.90. The molecule has 4 aromatic carbocycles. The summed E-state index contributed by atoms with van der Waals surface area (Å²) < 4.78 is 0. The van der Waals surface area contributed by atoms with Crippen LogP contribution in [0.25, 0.3) is 11.1 Å². The Hall–Kier alpha value is -5.64. The summed E-state index contributed by atoms with van der Waals surface area (Å²) in [6.07, 6.45) is 0. The topological polar surface area (TPSA) is 190 Å². The molecule has 6 rings (SSSR count). The number of rotatable bonds is 1. The van der Waals surface area contributed by atoms with Crippen LogP contribution in [0.5, 0.6) is 34.5 Å². The van der Waals surface area contributed by atoms with Gasteiger partial charge < -0.3 is 30.6 Å². The van der Waals surface area contributed by atoms with Crippen molar-refractivity contribution in [2.75, 3.05) is 0 Å². The predicted octanol–water partition coefficient (Wildman–Crippen LogP) is 3.75. The smallest absolute Gasteiger partial charge is 0.202 e. The van der Waals surface area contributed by atoms with E-state index in [4.69, 9.17) is 0 Å². The molecule has 10 nitrogen and oxygen atoms in total. The Morgan fingerprint density at radius 1 is 0.425 bits per heavy atom. The largest absolute Gasteiger partial charge is 0.507 e. The number of aromatic hydroxyl groups is 6. The van der Waals surface area contributed by atoms with E-state index < -0.39 is 96.6 Å². The van der Waals surface area contributed by atoms with Gasteiger partial charge in [0.15, 0.2) is 11.6 Å².